The van der Waals surface area contributed by atoms with Crippen LogP contribution in [0.3, 0.4) is 0 Å². The molecule has 3 aromatic rings. The Hall–Kier alpha value is -3.20. The van der Waals surface area contributed by atoms with Crippen molar-refractivity contribution in [2.45, 2.75) is 69.4 Å². The molecule has 1 saturated carbocycles. The first kappa shape index (κ1) is 27.0. The number of carboxylic acid groups (broad SMARTS) is 1. The number of aromatic nitrogens is 2. The molecule has 1 aliphatic carbocycles. The van der Waals surface area contributed by atoms with Gasteiger partial charge in [0.1, 0.15) is 5.02 Å². The molecule has 2 aromatic carbocycles. The zero-order valence-electron chi connectivity index (χ0n) is 23.0. The normalized spacial score (nSPS) is 24.4. The van der Waals surface area contributed by atoms with Crippen molar-refractivity contribution in [2.75, 3.05) is 30.4 Å². The van der Waals surface area contributed by atoms with Crippen LogP contribution in [0.15, 0.2) is 42.6 Å². The largest absolute Gasteiger partial charge is 0.481 e. The van der Waals surface area contributed by atoms with Crippen LogP contribution < -0.4 is 10.2 Å². The number of aliphatic hydroxyl groups excluding tert-OH is 1. The highest BCUT2D eigenvalue weighted by Gasteiger charge is 2.42. The SMILES string of the molecule is CN1CCc2c(cc(Nc3ncc(Cl)c(N4CC(C)(CC(=O)O)c5ccccc54)n3)cc2C2CCCC(O)C2)C1. The van der Waals surface area contributed by atoms with E-state index in [9.17, 15) is 15.0 Å². The van der Waals surface area contributed by atoms with Gasteiger partial charge < -0.3 is 25.3 Å². The molecule has 0 amide bonds. The van der Waals surface area contributed by atoms with Gasteiger partial charge >= 0.3 is 5.97 Å². The molecule has 3 unspecified atom stereocenters. The number of rotatable bonds is 6. The van der Waals surface area contributed by atoms with Crippen molar-refractivity contribution < 1.29 is 15.0 Å². The second-order valence-corrected chi connectivity index (χ2v) is 12.3. The monoisotopic (exact) mass is 561 g/mol. The van der Waals surface area contributed by atoms with E-state index in [1.54, 1.807) is 6.20 Å². The number of fused-ring (bicyclic) bond motifs is 2. The predicted octanol–water partition coefficient (Wildman–Crippen LogP) is 5.76. The van der Waals surface area contributed by atoms with Gasteiger partial charge in [-0.1, -0.05) is 43.1 Å². The van der Waals surface area contributed by atoms with E-state index in [1.165, 1.54) is 16.7 Å². The van der Waals surface area contributed by atoms with Gasteiger partial charge in [-0.15, -0.1) is 0 Å². The van der Waals surface area contributed by atoms with Crippen LogP contribution in [0.2, 0.25) is 5.02 Å². The summed E-state index contributed by atoms with van der Waals surface area (Å²) < 4.78 is 0. The van der Waals surface area contributed by atoms with Crippen LogP contribution in [-0.4, -0.2) is 57.3 Å². The summed E-state index contributed by atoms with van der Waals surface area (Å²) in [5.74, 6) is 0.489. The van der Waals surface area contributed by atoms with E-state index in [4.69, 9.17) is 16.6 Å². The third-order valence-corrected chi connectivity index (χ3v) is 9.04. The molecule has 3 aliphatic rings. The van der Waals surface area contributed by atoms with E-state index >= 15 is 0 Å². The number of likely N-dealkylation sites (N-methyl/N-ethyl adjacent to an activating group) is 1. The molecule has 1 fully saturated rings. The van der Waals surface area contributed by atoms with E-state index in [2.05, 4.69) is 34.4 Å². The van der Waals surface area contributed by atoms with Crippen LogP contribution in [-0.2, 0) is 23.2 Å². The second-order valence-electron chi connectivity index (χ2n) is 11.9. The summed E-state index contributed by atoms with van der Waals surface area (Å²) in [6, 6.07) is 12.3. The van der Waals surface area contributed by atoms with Crippen LogP contribution in [0.1, 0.15) is 67.2 Å². The molecule has 2 aliphatic heterocycles. The summed E-state index contributed by atoms with van der Waals surface area (Å²) in [4.78, 5) is 25.4. The summed E-state index contributed by atoms with van der Waals surface area (Å²) >= 11 is 6.66. The number of benzene rings is 2. The highest BCUT2D eigenvalue weighted by atomic mass is 35.5. The molecular formula is C31H36ClN5O3. The Labute approximate surface area is 240 Å². The van der Waals surface area contributed by atoms with Gasteiger partial charge in [0.05, 0.1) is 18.7 Å². The molecule has 210 valence electrons. The lowest BCUT2D eigenvalue weighted by Gasteiger charge is -2.33. The molecule has 3 heterocycles. The molecule has 0 spiro atoms. The number of halogens is 1. The average Bonchev–Trinajstić information content (AvgIpc) is 3.20. The number of carbonyl (C=O) groups is 1. The standard InChI is InChI=1S/C31H36ClN5O3/c1-31(15-28(39)40)18-37(27-9-4-3-8-25(27)31)29-26(32)16-33-30(35-29)34-21-12-20-17-36(2)11-10-23(20)24(14-21)19-6-5-7-22(38)13-19/h3-4,8-9,12,14,16,19,22,38H,5-7,10-11,13,15,17-18H2,1-2H3,(H,39,40)(H,33,34,35). The minimum atomic E-state index is -0.838. The van der Waals surface area contributed by atoms with E-state index in [0.29, 0.717) is 29.3 Å². The van der Waals surface area contributed by atoms with Crippen LogP contribution in [0.4, 0.5) is 23.1 Å². The van der Waals surface area contributed by atoms with Crippen molar-refractivity contribution in [1.29, 1.82) is 0 Å². The molecule has 1 aromatic heterocycles. The fourth-order valence-electron chi connectivity index (χ4n) is 6.91. The summed E-state index contributed by atoms with van der Waals surface area (Å²) in [5.41, 5.74) is 6.29. The molecule has 3 atom stereocenters. The first-order valence-corrected chi connectivity index (χ1v) is 14.5. The summed E-state index contributed by atoms with van der Waals surface area (Å²) in [7, 11) is 2.15. The Kier molecular flexibility index (Phi) is 7.19. The van der Waals surface area contributed by atoms with Gasteiger partial charge in [-0.25, -0.2) is 4.98 Å². The molecule has 0 bridgehead atoms. The summed E-state index contributed by atoms with van der Waals surface area (Å²) in [6.45, 7) is 4.34. The Balaban J connectivity index is 1.34. The summed E-state index contributed by atoms with van der Waals surface area (Å²) in [6.07, 6.45) is 6.20. The molecule has 6 rings (SSSR count). The van der Waals surface area contributed by atoms with Crippen molar-refractivity contribution in [2.24, 2.45) is 0 Å². The highest BCUT2D eigenvalue weighted by Crippen LogP contribution is 2.47. The van der Waals surface area contributed by atoms with Gasteiger partial charge in [0.25, 0.3) is 0 Å². The number of nitrogens with one attached hydrogen (secondary N) is 1. The summed E-state index contributed by atoms with van der Waals surface area (Å²) in [5, 5.41) is 23.9. The van der Waals surface area contributed by atoms with E-state index in [-0.39, 0.29) is 12.5 Å². The average molecular weight is 562 g/mol. The Morgan fingerprint density at radius 3 is 2.88 bits per heavy atom. The van der Waals surface area contributed by atoms with Crippen LogP contribution in [0.25, 0.3) is 0 Å². The maximum atomic E-state index is 11.7. The number of hydrogen-bond donors (Lipinski definition) is 3. The van der Waals surface area contributed by atoms with E-state index < -0.39 is 11.4 Å². The van der Waals surface area contributed by atoms with Gasteiger partial charge in [0.2, 0.25) is 5.95 Å². The molecular weight excluding hydrogens is 526 g/mol. The maximum absolute atomic E-state index is 11.7. The molecule has 3 N–H and O–H groups in total. The lowest BCUT2D eigenvalue weighted by molar-refractivity contribution is -0.138. The first-order chi connectivity index (χ1) is 19.2. The Morgan fingerprint density at radius 2 is 2.08 bits per heavy atom. The molecule has 8 nitrogen and oxygen atoms in total. The van der Waals surface area contributed by atoms with Crippen molar-refractivity contribution in [1.82, 2.24) is 14.9 Å². The van der Waals surface area contributed by atoms with Gasteiger partial charge in [-0.3, -0.25) is 4.79 Å². The van der Waals surface area contributed by atoms with Crippen molar-refractivity contribution >= 4 is 40.7 Å². The molecule has 9 heteroatoms. The maximum Gasteiger partial charge on any atom is 0.304 e. The van der Waals surface area contributed by atoms with Gasteiger partial charge in [0, 0.05) is 36.4 Å². The lowest BCUT2D eigenvalue weighted by atomic mass is 9.78. The lowest BCUT2D eigenvalue weighted by Crippen LogP contribution is -2.31. The fourth-order valence-corrected chi connectivity index (χ4v) is 7.10. The van der Waals surface area contributed by atoms with Crippen molar-refractivity contribution in [3.05, 3.63) is 69.9 Å². The van der Waals surface area contributed by atoms with E-state index in [0.717, 1.165) is 62.1 Å². The number of anilines is 4. The number of nitrogens with zero attached hydrogens (tertiary/aromatic N) is 4. The quantitative estimate of drug-likeness (QED) is 0.349. The zero-order chi connectivity index (χ0) is 28.0. The molecule has 0 radical (unpaired) electrons. The fraction of sp³-hybridized carbons (Fsp3) is 0.452. The number of hydrogen-bond acceptors (Lipinski definition) is 7. The first-order valence-electron chi connectivity index (χ1n) is 14.1. The smallest absolute Gasteiger partial charge is 0.304 e. The minimum Gasteiger partial charge on any atom is -0.481 e. The number of aliphatic hydroxyl groups is 1. The topological polar surface area (TPSA) is 102 Å². The number of para-hydroxylation sites is 1. The van der Waals surface area contributed by atoms with Crippen molar-refractivity contribution in [3.63, 3.8) is 0 Å². The van der Waals surface area contributed by atoms with Crippen LogP contribution >= 0.6 is 11.6 Å². The second kappa shape index (κ2) is 10.7. The molecule has 40 heavy (non-hydrogen) atoms. The number of aliphatic carboxylic acids is 1. The highest BCUT2D eigenvalue weighted by molar-refractivity contribution is 6.33. The Morgan fingerprint density at radius 1 is 1.25 bits per heavy atom. The zero-order valence-corrected chi connectivity index (χ0v) is 23.8. The molecule has 0 saturated heterocycles. The van der Waals surface area contributed by atoms with Gasteiger partial charge in [-0.05, 0) is 79.1 Å². The third kappa shape index (κ3) is 5.16. The van der Waals surface area contributed by atoms with Crippen LogP contribution in [0, 0.1) is 0 Å². The third-order valence-electron chi connectivity index (χ3n) is 8.78. The predicted molar refractivity (Wildman–Crippen MR) is 157 cm³/mol. The minimum absolute atomic E-state index is 0.0105. The van der Waals surface area contributed by atoms with Gasteiger partial charge in [0.15, 0.2) is 5.82 Å². The van der Waals surface area contributed by atoms with E-state index in [1.807, 2.05) is 36.1 Å². The van der Waals surface area contributed by atoms with Crippen molar-refractivity contribution in [3.8, 4) is 0 Å². The van der Waals surface area contributed by atoms with Gasteiger partial charge in [-0.2, -0.15) is 4.98 Å². The number of carboxylic acids is 1. The Bertz CT molecular complexity index is 1450. The van der Waals surface area contributed by atoms with Crippen LogP contribution in [0.5, 0.6) is 0 Å².